The lowest BCUT2D eigenvalue weighted by Gasteiger charge is -2.29. The third-order valence-corrected chi connectivity index (χ3v) is 5.12. The van der Waals surface area contributed by atoms with E-state index in [4.69, 9.17) is 21.1 Å². The second-order valence-electron chi connectivity index (χ2n) is 5.90. The molecule has 1 heterocycles. The highest BCUT2D eigenvalue weighted by Crippen LogP contribution is 2.26. The lowest BCUT2D eigenvalue weighted by Crippen LogP contribution is -2.30. The molecule has 0 fully saturated rings. The van der Waals surface area contributed by atoms with Crippen LogP contribution in [0.1, 0.15) is 11.1 Å². The highest BCUT2D eigenvalue weighted by Gasteiger charge is 2.19. The smallest absolute Gasteiger partial charge is 0.213 e. The largest absolute Gasteiger partial charge is 0.495 e. The van der Waals surface area contributed by atoms with Crippen LogP contribution in [-0.4, -0.2) is 29.7 Å². The summed E-state index contributed by atoms with van der Waals surface area (Å²) in [6.45, 7) is 1.01. The van der Waals surface area contributed by atoms with Gasteiger partial charge in [0.25, 0.3) is 0 Å². The monoisotopic (exact) mass is 406 g/mol. The van der Waals surface area contributed by atoms with Crippen LogP contribution in [0, 0.1) is 5.82 Å². The van der Waals surface area contributed by atoms with Crippen LogP contribution in [0.5, 0.6) is 5.75 Å². The number of aliphatic imine (C=N–C) groups is 1. The molecule has 0 radical (unpaired) electrons. The normalized spacial score (nSPS) is 16.2. The van der Waals surface area contributed by atoms with Gasteiger partial charge in [-0.05, 0) is 41.6 Å². The summed E-state index contributed by atoms with van der Waals surface area (Å²) in [7, 11) is 1.58. The van der Waals surface area contributed by atoms with Gasteiger partial charge in [-0.25, -0.2) is 9.38 Å². The number of hydrogen-bond donors (Lipinski definition) is 0. The molecule has 7 heteroatoms. The Kier molecular flexibility index (Phi) is 6.63. The van der Waals surface area contributed by atoms with Crippen LogP contribution in [0.2, 0.25) is 5.02 Å². The van der Waals surface area contributed by atoms with Crippen LogP contribution in [0.4, 0.5) is 4.39 Å². The van der Waals surface area contributed by atoms with Crippen LogP contribution in [0.25, 0.3) is 0 Å². The second kappa shape index (κ2) is 9.15. The van der Waals surface area contributed by atoms with E-state index in [0.717, 1.165) is 11.1 Å². The first kappa shape index (κ1) is 19.6. The molecule has 1 unspecified atom stereocenters. The van der Waals surface area contributed by atoms with Gasteiger partial charge in [0.2, 0.25) is 5.90 Å². The molecule has 142 valence electrons. The van der Waals surface area contributed by atoms with E-state index < -0.39 is 0 Å². The van der Waals surface area contributed by atoms with Crippen molar-refractivity contribution in [2.75, 3.05) is 13.4 Å². The van der Waals surface area contributed by atoms with E-state index in [9.17, 15) is 4.39 Å². The maximum Gasteiger partial charge on any atom is 0.213 e. The summed E-state index contributed by atoms with van der Waals surface area (Å²) < 4.78 is 24.0. The fourth-order valence-electron chi connectivity index (χ4n) is 2.62. The van der Waals surface area contributed by atoms with Gasteiger partial charge in [0.15, 0.2) is 5.50 Å². The fourth-order valence-corrected chi connectivity index (χ4v) is 3.53. The zero-order valence-corrected chi connectivity index (χ0v) is 16.6. The Hall–Kier alpha value is -2.18. The molecule has 0 amide bonds. The minimum absolute atomic E-state index is 0.102. The van der Waals surface area contributed by atoms with Crippen LogP contribution >= 0.6 is 23.4 Å². The highest BCUT2D eigenvalue weighted by molar-refractivity contribution is 7.99. The molecule has 0 spiro atoms. The van der Waals surface area contributed by atoms with E-state index >= 15 is 0 Å². The molecular formula is C20H20ClFN2O2S. The lowest BCUT2D eigenvalue weighted by atomic mass is 10.2. The zero-order valence-electron chi connectivity index (χ0n) is 15.1. The van der Waals surface area contributed by atoms with Crippen molar-refractivity contribution in [3.8, 4) is 5.75 Å². The predicted octanol–water partition coefficient (Wildman–Crippen LogP) is 5.08. The van der Waals surface area contributed by atoms with E-state index in [2.05, 4.69) is 9.89 Å². The molecule has 2 aromatic rings. The number of halogens is 2. The van der Waals surface area contributed by atoms with Gasteiger partial charge < -0.3 is 14.4 Å². The molecule has 1 aliphatic rings. The van der Waals surface area contributed by atoms with Crippen LogP contribution < -0.4 is 4.74 Å². The molecule has 0 N–H and O–H groups in total. The number of methoxy groups -OCH3 is 1. The van der Waals surface area contributed by atoms with Crippen molar-refractivity contribution in [3.05, 3.63) is 76.7 Å². The maximum atomic E-state index is 13.1. The SMILES string of the molecule is COc1ccc(COC2=NC(SC)N(Cc3ccc(F)cc3)C=C2)cc1Cl. The van der Waals surface area contributed by atoms with Gasteiger partial charge in [0.1, 0.15) is 18.2 Å². The van der Waals surface area contributed by atoms with Gasteiger partial charge in [-0.3, -0.25) is 0 Å². The third-order valence-electron chi connectivity index (χ3n) is 4.02. The summed E-state index contributed by atoms with van der Waals surface area (Å²) in [5.41, 5.74) is 1.85. The first-order valence-corrected chi connectivity index (χ1v) is 10.00. The topological polar surface area (TPSA) is 34.1 Å². The molecule has 0 saturated carbocycles. The molecule has 0 bridgehead atoms. The van der Waals surface area contributed by atoms with Crippen molar-refractivity contribution < 1.29 is 13.9 Å². The summed E-state index contributed by atoms with van der Waals surface area (Å²) in [6, 6.07) is 12.0. The Morgan fingerprint density at radius 3 is 2.59 bits per heavy atom. The van der Waals surface area contributed by atoms with Crippen molar-refractivity contribution in [3.63, 3.8) is 0 Å². The number of ether oxygens (including phenoxy) is 2. The molecule has 1 aliphatic heterocycles. The average molecular weight is 407 g/mol. The van der Waals surface area contributed by atoms with E-state index in [1.807, 2.05) is 36.7 Å². The van der Waals surface area contributed by atoms with Crippen LogP contribution in [0.3, 0.4) is 0 Å². The first-order valence-electron chi connectivity index (χ1n) is 8.33. The zero-order chi connectivity index (χ0) is 19.2. The Labute approximate surface area is 167 Å². The predicted molar refractivity (Wildman–Crippen MR) is 109 cm³/mol. The van der Waals surface area contributed by atoms with E-state index in [-0.39, 0.29) is 11.3 Å². The summed E-state index contributed by atoms with van der Waals surface area (Å²) in [6.07, 6.45) is 5.78. The summed E-state index contributed by atoms with van der Waals surface area (Å²) >= 11 is 7.75. The van der Waals surface area contributed by atoms with Crippen molar-refractivity contribution in [2.45, 2.75) is 18.6 Å². The van der Waals surface area contributed by atoms with Gasteiger partial charge in [0.05, 0.1) is 12.1 Å². The van der Waals surface area contributed by atoms with E-state index in [0.29, 0.717) is 29.8 Å². The summed E-state index contributed by atoms with van der Waals surface area (Å²) in [4.78, 5) is 6.71. The number of benzene rings is 2. The lowest BCUT2D eigenvalue weighted by molar-refractivity contribution is 0.276. The molecule has 0 saturated heterocycles. The minimum atomic E-state index is -0.235. The van der Waals surface area contributed by atoms with Crippen molar-refractivity contribution in [1.29, 1.82) is 0 Å². The molecule has 0 aromatic heterocycles. The number of nitrogens with zero attached hydrogens (tertiary/aromatic N) is 2. The molecule has 1 atom stereocenters. The fraction of sp³-hybridized carbons (Fsp3) is 0.250. The Bertz CT molecular complexity index is 842. The number of thioether (sulfide) groups is 1. The van der Waals surface area contributed by atoms with E-state index in [1.165, 1.54) is 12.1 Å². The number of rotatable bonds is 6. The minimum Gasteiger partial charge on any atom is -0.495 e. The highest BCUT2D eigenvalue weighted by atomic mass is 35.5. The molecule has 2 aromatic carbocycles. The van der Waals surface area contributed by atoms with Crippen LogP contribution in [-0.2, 0) is 17.9 Å². The third kappa shape index (κ3) is 5.17. The Morgan fingerprint density at radius 2 is 1.93 bits per heavy atom. The van der Waals surface area contributed by atoms with Crippen molar-refractivity contribution in [1.82, 2.24) is 4.90 Å². The number of hydrogen-bond acceptors (Lipinski definition) is 5. The van der Waals surface area contributed by atoms with Gasteiger partial charge >= 0.3 is 0 Å². The quantitative estimate of drug-likeness (QED) is 0.670. The van der Waals surface area contributed by atoms with Gasteiger partial charge in [-0.1, -0.05) is 29.8 Å². The second-order valence-corrected chi connectivity index (χ2v) is 7.20. The van der Waals surface area contributed by atoms with Gasteiger partial charge in [-0.15, -0.1) is 11.8 Å². The molecule has 4 nitrogen and oxygen atoms in total. The van der Waals surface area contributed by atoms with Crippen molar-refractivity contribution >= 4 is 29.3 Å². The summed E-state index contributed by atoms with van der Waals surface area (Å²) in [5.74, 6) is 0.965. The Balaban J connectivity index is 1.61. The molecule has 27 heavy (non-hydrogen) atoms. The van der Waals surface area contributed by atoms with Crippen LogP contribution in [0.15, 0.2) is 59.7 Å². The van der Waals surface area contributed by atoms with Crippen molar-refractivity contribution in [2.24, 2.45) is 4.99 Å². The standard InChI is InChI=1S/C20H20ClFN2O2S/c1-25-18-8-5-15(11-17(18)21)13-26-19-9-10-24(20(23-19)27-2)12-14-3-6-16(22)7-4-14/h3-11,20H,12-13H2,1-2H3. The molecule has 0 aliphatic carbocycles. The average Bonchev–Trinajstić information content (AvgIpc) is 2.69. The summed E-state index contributed by atoms with van der Waals surface area (Å²) in [5, 5.41) is 0.548. The van der Waals surface area contributed by atoms with Gasteiger partial charge in [-0.2, -0.15) is 0 Å². The maximum absolute atomic E-state index is 13.1. The first-order chi connectivity index (χ1) is 13.1. The molecular weight excluding hydrogens is 387 g/mol. The molecule has 3 rings (SSSR count). The van der Waals surface area contributed by atoms with Gasteiger partial charge in [0, 0.05) is 18.8 Å². The van der Waals surface area contributed by atoms with E-state index in [1.54, 1.807) is 31.0 Å². The Morgan fingerprint density at radius 1 is 1.19 bits per heavy atom.